The maximum atomic E-state index is 13.2. The lowest BCUT2D eigenvalue weighted by Crippen LogP contribution is -2.67. The molecule has 0 atom stereocenters. The number of hydrogen-bond donors (Lipinski definition) is 2. The van der Waals surface area contributed by atoms with E-state index in [1.807, 2.05) is 32.9 Å². The van der Waals surface area contributed by atoms with Gasteiger partial charge >= 0.3 is 0 Å². The van der Waals surface area contributed by atoms with Crippen molar-refractivity contribution < 1.29 is 18.0 Å². The smallest absolute Gasteiger partial charge is 0.210 e. The Bertz CT molecular complexity index is 2430. The molecular weight excluding hydrogens is 697 g/mol. The van der Waals surface area contributed by atoms with Crippen molar-refractivity contribution >= 4 is 38.5 Å². The Balaban J connectivity index is 1.82. The fourth-order valence-electron chi connectivity index (χ4n) is 7.72. The van der Waals surface area contributed by atoms with Crippen LogP contribution in [0.2, 0.25) is 0 Å². The minimum absolute atomic E-state index is 0.143. The van der Waals surface area contributed by atoms with E-state index in [0.717, 1.165) is 50.6 Å². The lowest BCUT2D eigenvalue weighted by atomic mass is 9.82. The summed E-state index contributed by atoms with van der Waals surface area (Å²) < 4.78 is 39.6. The molecule has 1 aliphatic rings. The van der Waals surface area contributed by atoms with Crippen molar-refractivity contribution in [2.45, 2.75) is 120 Å². The normalized spacial score (nSPS) is 15.3. The summed E-state index contributed by atoms with van der Waals surface area (Å²) >= 11 is 0. The summed E-state index contributed by atoms with van der Waals surface area (Å²) in [6, 6.07) is 16.1. The van der Waals surface area contributed by atoms with Gasteiger partial charge in [-0.2, -0.15) is 0 Å². The lowest BCUT2D eigenvalue weighted by molar-refractivity contribution is -0.353. The van der Waals surface area contributed by atoms with Gasteiger partial charge < -0.3 is 9.87 Å². The van der Waals surface area contributed by atoms with Gasteiger partial charge in [0.1, 0.15) is 10.1 Å². The van der Waals surface area contributed by atoms with Crippen LogP contribution in [0, 0.1) is 61.3 Å². The van der Waals surface area contributed by atoms with E-state index in [9.17, 15) is 13.0 Å². The van der Waals surface area contributed by atoms with Gasteiger partial charge in [0.2, 0.25) is 11.4 Å². The van der Waals surface area contributed by atoms with Crippen molar-refractivity contribution in [3.05, 3.63) is 145 Å². The molecule has 5 nitrogen and oxygen atoms in total. The van der Waals surface area contributed by atoms with E-state index in [2.05, 4.69) is 142 Å². The molecule has 55 heavy (non-hydrogen) atoms. The third-order valence-electron chi connectivity index (χ3n) is 11.5. The molecule has 0 radical (unpaired) electrons. The second-order valence-electron chi connectivity index (χ2n) is 17.2. The highest BCUT2D eigenvalue weighted by atomic mass is 32.2. The number of allylic oxidation sites excluding steroid dienone is 5. The van der Waals surface area contributed by atoms with Crippen molar-refractivity contribution in [1.82, 2.24) is 0 Å². The SMILES string of the molecule is Cc1cc(C)c(Nc2ccc(C(=C3C=CC(=[NH+]c4c(C)cc(C)c(C)c4C)C(C(C)C)=C3)c3ccc(C(C)(C)C)cc3S(=O)(=O)[O-])cc2C(C)C)c(C)c1C. The first-order valence-corrected chi connectivity index (χ1v) is 20.9. The Morgan fingerprint density at radius 1 is 0.709 bits per heavy atom. The Morgan fingerprint density at radius 3 is 1.91 bits per heavy atom. The molecule has 0 fully saturated rings. The van der Waals surface area contributed by atoms with Crippen molar-refractivity contribution in [3.8, 4) is 0 Å². The number of benzene rings is 4. The van der Waals surface area contributed by atoms with E-state index in [1.54, 1.807) is 6.07 Å². The molecule has 5 rings (SSSR count). The van der Waals surface area contributed by atoms with Gasteiger partial charge in [0.15, 0.2) is 0 Å². The Labute approximate surface area is 331 Å². The quantitative estimate of drug-likeness (QED) is 0.175. The number of nitrogens with one attached hydrogen (secondary N) is 2. The molecule has 0 spiro atoms. The van der Waals surface area contributed by atoms with Crippen molar-refractivity contribution in [2.24, 2.45) is 5.92 Å². The van der Waals surface area contributed by atoms with Crippen LogP contribution in [-0.4, -0.2) is 18.7 Å². The van der Waals surface area contributed by atoms with Gasteiger partial charge in [0, 0.05) is 39.7 Å². The van der Waals surface area contributed by atoms with Crippen LogP contribution in [0.25, 0.3) is 5.57 Å². The van der Waals surface area contributed by atoms with Crippen LogP contribution < -0.4 is 10.3 Å². The topological polar surface area (TPSA) is 83.2 Å². The molecule has 0 saturated heterocycles. The standard InChI is InChI=1S/C49H60N2O3S/c1-27(2)41-24-37(16-20-43(41)50-47-31(7)22-29(5)33(9)35(47)11)46(40-19-18-39(49(13,14)15)26-45(40)55(52,53)54)38-17-21-44(42(25-38)28(3)4)51-48-32(8)23-30(6)34(10)36(48)12/h16-28,50H,1-15H3,(H,52,53,54). The molecule has 0 aromatic heterocycles. The average molecular weight is 757 g/mol. The third-order valence-corrected chi connectivity index (χ3v) is 12.4. The summed E-state index contributed by atoms with van der Waals surface area (Å²) in [6.07, 6.45) is 6.31. The number of hydrogen-bond acceptors (Lipinski definition) is 4. The van der Waals surface area contributed by atoms with Crippen LogP contribution in [0.5, 0.6) is 0 Å². The van der Waals surface area contributed by atoms with Gasteiger partial charge in [-0.05, 0) is 170 Å². The second-order valence-corrected chi connectivity index (χ2v) is 18.6. The van der Waals surface area contributed by atoms with Gasteiger partial charge in [-0.15, -0.1) is 0 Å². The van der Waals surface area contributed by atoms with E-state index >= 15 is 0 Å². The van der Waals surface area contributed by atoms with Crippen LogP contribution in [0.1, 0.15) is 121 Å². The Hall–Kier alpha value is -4.52. The predicted molar refractivity (Wildman–Crippen MR) is 231 cm³/mol. The minimum atomic E-state index is -4.86. The third kappa shape index (κ3) is 8.51. The Kier molecular flexibility index (Phi) is 11.8. The number of aryl methyl sites for hydroxylation is 4. The van der Waals surface area contributed by atoms with Crippen molar-refractivity contribution in [3.63, 3.8) is 0 Å². The lowest BCUT2D eigenvalue weighted by Gasteiger charge is -2.26. The average Bonchev–Trinajstić information content (AvgIpc) is 3.10. The molecular formula is C49H60N2O3S. The van der Waals surface area contributed by atoms with Crippen LogP contribution in [0.15, 0.2) is 82.8 Å². The zero-order valence-corrected chi connectivity index (χ0v) is 36.5. The van der Waals surface area contributed by atoms with Crippen molar-refractivity contribution in [1.29, 1.82) is 0 Å². The fourth-order valence-corrected chi connectivity index (χ4v) is 8.43. The van der Waals surface area contributed by atoms with E-state index in [4.69, 9.17) is 0 Å². The summed E-state index contributed by atoms with van der Waals surface area (Å²) in [5.41, 5.74) is 19.4. The molecule has 0 unspecified atom stereocenters. The highest BCUT2D eigenvalue weighted by Gasteiger charge is 2.27. The largest absolute Gasteiger partial charge is 0.744 e. The molecule has 0 saturated carbocycles. The van der Waals surface area contributed by atoms with Crippen LogP contribution >= 0.6 is 0 Å². The summed E-state index contributed by atoms with van der Waals surface area (Å²) in [4.78, 5) is 3.56. The van der Waals surface area contributed by atoms with Gasteiger partial charge in [0.05, 0.1) is 4.90 Å². The maximum Gasteiger partial charge on any atom is 0.210 e. The molecule has 0 heterocycles. The second kappa shape index (κ2) is 15.5. The highest BCUT2D eigenvalue weighted by Crippen LogP contribution is 2.40. The summed E-state index contributed by atoms with van der Waals surface area (Å²) in [5.74, 6) is 0.285. The van der Waals surface area contributed by atoms with E-state index in [1.165, 1.54) is 44.5 Å². The summed E-state index contributed by atoms with van der Waals surface area (Å²) in [6.45, 7) is 31.9. The monoisotopic (exact) mass is 756 g/mol. The van der Waals surface area contributed by atoms with Gasteiger partial charge in [-0.1, -0.05) is 72.7 Å². The first-order valence-electron chi connectivity index (χ1n) is 19.5. The molecule has 4 aromatic rings. The van der Waals surface area contributed by atoms with Crippen LogP contribution in [0.3, 0.4) is 0 Å². The molecule has 0 bridgehead atoms. The Morgan fingerprint density at radius 2 is 1.33 bits per heavy atom. The van der Waals surface area contributed by atoms with Crippen LogP contribution in [0.4, 0.5) is 17.1 Å². The molecule has 6 heteroatoms. The van der Waals surface area contributed by atoms with Gasteiger partial charge in [0.25, 0.3) is 0 Å². The molecule has 4 aromatic carbocycles. The summed E-state index contributed by atoms with van der Waals surface area (Å²) in [7, 11) is -4.86. The fraction of sp³-hybridized carbons (Fsp3) is 0.367. The summed E-state index contributed by atoms with van der Waals surface area (Å²) in [5, 5.41) is 3.77. The zero-order chi connectivity index (χ0) is 40.9. The minimum Gasteiger partial charge on any atom is -0.744 e. The van der Waals surface area contributed by atoms with Gasteiger partial charge in [-0.3, -0.25) is 0 Å². The zero-order valence-electron chi connectivity index (χ0n) is 35.6. The molecule has 290 valence electrons. The highest BCUT2D eigenvalue weighted by molar-refractivity contribution is 7.85. The van der Waals surface area contributed by atoms with E-state index < -0.39 is 10.1 Å². The van der Waals surface area contributed by atoms with Crippen molar-refractivity contribution in [2.75, 3.05) is 5.32 Å². The van der Waals surface area contributed by atoms with E-state index in [-0.39, 0.29) is 22.1 Å². The first-order chi connectivity index (χ1) is 25.5. The predicted octanol–water partition coefficient (Wildman–Crippen LogP) is 11.0. The maximum absolute atomic E-state index is 13.2. The molecule has 0 amide bonds. The van der Waals surface area contributed by atoms with Gasteiger partial charge in [-0.25, -0.2) is 13.4 Å². The number of anilines is 2. The number of rotatable bonds is 8. The molecule has 2 N–H and O–H groups in total. The molecule has 1 aliphatic carbocycles. The molecule has 0 aliphatic heterocycles. The van der Waals surface area contributed by atoms with Crippen LogP contribution in [-0.2, 0) is 15.5 Å². The van der Waals surface area contributed by atoms with E-state index in [0.29, 0.717) is 11.1 Å². The first kappa shape index (κ1) is 41.6.